The van der Waals surface area contributed by atoms with Crippen LogP contribution in [0.2, 0.25) is 0 Å². The molecule has 1 aromatic heterocycles. The van der Waals surface area contributed by atoms with E-state index in [9.17, 15) is 4.79 Å². The van der Waals surface area contributed by atoms with Crippen LogP contribution in [0.15, 0.2) is 34.9 Å². The summed E-state index contributed by atoms with van der Waals surface area (Å²) in [7, 11) is 1.55. The monoisotopic (exact) mass is 303 g/mol. The first kappa shape index (κ1) is 16.0. The van der Waals surface area contributed by atoms with Crippen LogP contribution in [0.3, 0.4) is 0 Å². The molecular weight excluding hydrogens is 282 g/mol. The molecule has 0 fully saturated rings. The molecule has 0 saturated carbocycles. The number of nitrogens with two attached hydrogens (primary N) is 1. The number of amides is 1. The highest BCUT2D eigenvalue weighted by Gasteiger charge is 2.21. The van der Waals surface area contributed by atoms with Crippen molar-refractivity contribution in [2.24, 2.45) is 11.7 Å². The fraction of sp³-hybridized carbons (Fsp3) is 0.375. The molecule has 0 aliphatic heterocycles. The number of oxazole rings is 1. The van der Waals surface area contributed by atoms with Crippen LogP contribution in [-0.4, -0.2) is 18.0 Å². The van der Waals surface area contributed by atoms with Crippen molar-refractivity contribution < 1.29 is 13.9 Å². The number of para-hydroxylation sites is 2. The van der Waals surface area contributed by atoms with E-state index >= 15 is 0 Å². The van der Waals surface area contributed by atoms with Crippen molar-refractivity contribution in [2.75, 3.05) is 12.4 Å². The number of hydrogen-bond acceptors (Lipinski definition) is 5. The lowest BCUT2D eigenvalue weighted by atomic mass is 10.0. The third-order valence-electron chi connectivity index (χ3n) is 3.65. The van der Waals surface area contributed by atoms with Gasteiger partial charge < -0.3 is 20.2 Å². The first-order valence-corrected chi connectivity index (χ1v) is 7.22. The fourth-order valence-corrected chi connectivity index (χ4v) is 1.98. The molecule has 2 aromatic rings. The minimum absolute atomic E-state index is 0.194. The van der Waals surface area contributed by atoms with Gasteiger partial charge in [-0.25, -0.2) is 4.98 Å². The van der Waals surface area contributed by atoms with Crippen LogP contribution in [0.4, 0.5) is 5.69 Å². The maximum Gasteiger partial charge on any atom is 0.277 e. The number of methoxy groups -OCH3 is 1. The second kappa shape index (κ2) is 7.09. The summed E-state index contributed by atoms with van der Waals surface area (Å²) in [6.45, 7) is 4.06. The van der Waals surface area contributed by atoms with E-state index in [1.165, 1.54) is 6.26 Å². The number of carbonyl (C=O) groups is 1. The zero-order valence-corrected chi connectivity index (χ0v) is 13.0. The highest BCUT2D eigenvalue weighted by atomic mass is 16.5. The van der Waals surface area contributed by atoms with Crippen molar-refractivity contribution in [3.05, 3.63) is 42.1 Å². The Morgan fingerprint density at radius 3 is 2.86 bits per heavy atom. The Hall–Kier alpha value is -2.34. The van der Waals surface area contributed by atoms with Gasteiger partial charge >= 0.3 is 0 Å². The lowest BCUT2D eigenvalue weighted by Gasteiger charge is -2.13. The van der Waals surface area contributed by atoms with Gasteiger partial charge in [-0.3, -0.25) is 4.79 Å². The van der Waals surface area contributed by atoms with E-state index in [0.717, 1.165) is 6.42 Å². The molecule has 118 valence electrons. The summed E-state index contributed by atoms with van der Waals surface area (Å²) in [5, 5.41) is 2.75. The Bertz CT molecular complexity index is 639. The van der Waals surface area contributed by atoms with Gasteiger partial charge in [-0.2, -0.15) is 0 Å². The van der Waals surface area contributed by atoms with Crippen LogP contribution in [-0.2, 0) is 0 Å². The summed E-state index contributed by atoms with van der Waals surface area (Å²) in [5.41, 5.74) is 6.82. The molecule has 0 aliphatic rings. The van der Waals surface area contributed by atoms with Crippen molar-refractivity contribution in [3.8, 4) is 5.75 Å². The van der Waals surface area contributed by atoms with E-state index in [1.54, 1.807) is 19.2 Å². The number of carbonyl (C=O) groups excluding carboxylic acids is 1. The van der Waals surface area contributed by atoms with Gasteiger partial charge in [0, 0.05) is 0 Å². The first-order valence-electron chi connectivity index (χ1n) is 7.22. The molecule has 6 heteroatoms. The van der Waals surface area contributed by atoms with Gasteiger partial charge in [-0.05, 0) is 18.1 Å². The van der Waals surface area contributed by atoms with E-state index < -0.39 is 0 Å². The number of nitrogens with zero attached hydrogens (tertiary/aromatic N) is 1. The molecule has 0 radical (unpaired) electrons. The predicted octanol–water partition coefficient (Wildman–Crippen LogP) is 2.98. The minimum atomic E-state index is -0.365. The molecule has 1 heterocycles. The van der Waals surface area contributed by atoms with E-state index in [0.29, 0.717) is 17.3 Å². The molecular formula is C16H21N3O3. The van der Waals surface area contributed by atoms with Crippen LogP contribution in [0.1, 0.15) is 42.7 Å². The lowest BCUT2D eigenvalue weighted by Crippen LogP contribution is -2.19. The molecule has 0 saturated heterocycles. The second-order valence-corrected chi connectivity index (χ2v) is 5.14. The highest BCUT2D eigenvalue weighted by Crippen LogP contribution is 2.24. The minimum Gasteiger partial charge on any atom is -0.495 e. The van der Waals surface area contributed by atoms with Gasteiger partial charge in [0.1, 0.15) is 12.0 Å². The fourth-order valence-electron chi connectivity index (χ4n) is 1.98. The Morgan fingerprint density at radius 1 is 1.45 bits per heavy atom. The van der Waals surface area contributed by atoms with Gasteiger partial charge in [0.2, 0.25) is 5.89 Å². The largest absolute Gasteiger partial charge is 0.495 e. The normalized spacial score (nSPS) is 13.5. The maximum atomic E-state index is 12.2. The van der Waals surface area contributed by atoms with Crippen LogP contribution in [0.25, 0.3) is 0 Å². The number of ether oxygens (including phenoxy) is 1. The van der Waals surface area contributed by atoms with Crippen molar-refractivity contribution in [1.82, 2.24) is 4.98 Å². The van der Waals surface area contributed by atoms with Crippen molar-refractivity contribution in [1.29, 1.82) is 0 Å². The van der Waals surface area contributed by atoms with Crippen LogP contribution < -0.4 is 15.8 Å². The molecule has 1 aromatic carbocycles. The number of nitrogens with one attached hydrogen (secondary N) is 1. The van der Waals surface area contributed by atoms with Crippen molar-refractivity contribution in [2.45, 2.75) is 26.3 Å². The average molecular weight is 303 g/mol. The molecule has 2 atom stereocenters. The van der Waals surface area contributed by atoms with E-state index in [-0.39, 0.29) is 23.6 Å². The lowest BCUT2D eigenvalue weighted by molar-refractivity contribution is 0.102. The van der Waals surface area contributed by atoms with E-state index in [1.807, 2.05) is 26.0 Å². The number of rotatable bonds is 6. The molecule has 1 amide bonds. The van der Waals surface area contributed by atoms with Gasteiger partial charge in [-0.1, -0.05) is 32.4 Å². The van der Waals surface area contributed by atoms with Gasteiger partial charge in [0.05, 0.1) is 18.8 Å². The average Bonchev–Trinajstić information content (AvgIpc) is 3.04. The maximum absolute atomic E-state index is 12.2. The smallest absolute Gasteiger partial charge is 0.277 e. The third-order valence-corrected chi connectivity index (χ3v) is 3.65. The standard InChI is InChI=1S/C16H21N3O3/c1-4-10(2)14(17)16-19-12(9-22-16)15(20)18-11-7-5-6-8-13(11)21-3/h5-10,14H,4,17H2,1-3H3,(H,18,20). The SMILES string of the molecule is CCC(C)C(N)c1nc(C(=O)Nc2ccccc2OC)co1. The topological polar surface area (TPSA) is 90.4 Å². The Morgan fingerprint density at radius 2 is 2.18 bits per heavy atom. The third kappa shape index (κ3) is 3.46. The molecule has 22 heavy (non-hydrogen) atoms. The summed E-state index contributed by atoms with van der Waals surface area (Å²) >= 11 is 0. The molecule has 0 bridgehead atoms. The summed E-state index contributed by atoms with van der Waals surface area (Å²) in [6, 6.07) is 6.84. The number of benzene rings is 1. The Kier molecular flexibility index (Phi) is 5.16. The number of aromatic nitrogens is 1. The van der Waals surface area contributed by atoms with Crippen LogP contribution >= 0.6 is 0 Å². The first-order chi connectivity index (χ1) is 10.6. The zero-order valence-electron chi connectivity index (χ0n) is 13.0. The molecule has 2 unspecified atom stereocenters. The molecule has 6 nitrogen and oxygen atoms in total. The van der Waals surface area contributed by atoms with Crippen molar-refractivity contribution >= 4 is 11.6 Å². The van der Waals surface area contributed by atoms with Crippen LogP contribution in [0.5, 0.6) is 5.75 Å². The summed E-state index contributed by atoms with van der Waals surface area (Å²) in [4.78, 5) is 16.4. The summed E-state index contributed by atoms with van der Waals surface area (Å²) < 4.78 is 10.5. The molecule has 0 spiro atoms. The zero-order chi connectivity index (χ0) is 16.1. The Labute approximate surface area is 129 Å². The summed E-state index contributed by atoms with van der Waals surface area (Å²) in [6.07, 6.45) is 2.23. The van der Waals surface area contributed by atoms with E-state index in [4.69, 9.17) is 14.9 Å². The van der Waals surface area contributed by atoms with Gasteiger partial charge in [0.15, 0.2) is 5.69 Å². The molecule has 2 rings (SSSR count). The van der Waals surface area contributed by atoms with E-state index in [2.05, 4.69) is 10.3 Å². The molecule has 0 aliphatic carbocycles. The van der Waals surface area contributed by atoms with Gasteiger partial charge in [0.25, 0.3) is 5.91 Å². The quantitative estimate of drug-likeness (QED) is 0.856. The van der Waals surface area contributed by atoms with Crippen molar-refractivity contribution in [3.63, 3.8) is 0 Å². The number of anilines is 1. The Balaban J connectivity index is 2.12. The molecule has 3 N–H and O–H groups in total. The summed E-state index contributed by atoms with van der Waals surface area (Å²) in [5.74, 6) is 0.815. The van der Waals surface area contributed by atoms with Gasteiger partial charge in [-0.15, -0.1) is 0 Å². The number of hydrogen-bond donors (Lipinski definition) is 2. The second-order valence-electron chi connectivity index (χ2n) is 5.14. The van der Waals surface area contributed by atoms with Crippen LogP contribution in [0, 0.1) is 5.92 Å². The highest BCUT2D eigenvalue weighted by molar-refractivity contribution is 6.03. The predicted molar refractivity (Wildman–Crippen MR) is 83.8 cm³/mol.